The number of rotatable bonds is 6. The number of hydrogen-bond acceptors (Lipinski definition) is 6. The Morgan fingerprint density at radius 1 is 1.07 bits per heavy atom. The highest BCUT2D eigenvalue weighted by Gasteiger charge is 2.41. The Morgan fingerprint density at radius 2 is 1.68 bits per heavy atom. The van der Waals surface area contributed by atoms with Crippen molar-refractivity contribution in [3.8, 4) is 0 Å². The smallest absolute Gasteiger partial charge is 0.282 e. The predicted molar refractivity (Wildman–Crippen MR) is 104 cm³/mol. The molecule has 0 saturated heterocycles. The third-order valence-corrected chi connectivity index (χ3v) is 4.58. The van der Waals surface area contributed by atoms with E-state index in [0.717, 1.165) is 4.90 Å². The van der Waals surface area contributed by atoms with Crippen molar-refractivity contribution in [3.05, 3.63) is 74.9 Å². The molecular formula is C19H16ClN3O5. The summed E-state index contributed by atoms with van der Waals surface area (Å²) in [5, 5.41) is 20.6. The molecule has 8 nitrogen and oxygen atoms in total. The van der Waals surface area contributed by atoms with Crippen LogP contribution in [0.5, 0.6) is 0 Å². The summed E-state index contributed by atoms with van der Waals surface area (Å²) in [6.45, 7) is -0.0742. The Hall–Kier alpha value is -3.23. The van der Waals surface area contributed by atoms with Crippen molar-refractivity contribution in [2.75, 3.05) is 25.1 Å². The van der Waals surface area contributed by atoms with Crippen molar-refractivity contribution in [2.45, 2.75) is 0 Å². The molecule has 2 aromatic rings. The Kier molecular flexibility index (Phi) is 5.43. The van der Waals surface area contributed by atoms with E-state index in [2.05, 4.69) is 0 Å². The first kappa shape index (κ1) is 19.5. The Balaban J connectivity index is 2.10. The molecule has 0 aliphatic carbocycles. The standard InChI is InChI=1S/C19H16ClN3O5/c1-21(10-11-24)17-16(12-2-6-15(7-3-12)23(27)28)18(25)22(19(17)26)14-8-4-13(20)5-9-14/h2-9,24H,10-11H2,1H3. The van der Waals surface area contributed by atoms with Crippen molar-refractivity contribution in [1.29, 1.82) is 0 Å². The number of carbonyl (C=O) groups excluding carboxylic acids is 2. The van der Waals surface area contributed by atoms with E-state index in [0.29, 0.717) is 16.3 Å². The fourth-order valence-electron chi connectivity index (χ4n) is 2.97. The Labute approximate surface area is 165 Å². The number of aliphatic hydroxyl groups is 1. The first-order valence-corrected chi connectivity index (χ1v) is 8.68. The van der Waals surface area contributed by atoms with Crippen LogP contribution in [-0.4, -0.2) is 46.9 Å². The van der Waals surface area contributed by atoms with Gasteiger partial charge in [0.2, 0.25) is 0 Å². The van der Waals surface area contributed by atoms with Gasteiger partial charge in [0.25, 0.3) is 17.5 Å². The first-order valence-electron chi connectivity index (χ1n) is 8.30. The van der Waals surface area contributed by atoms with Crippen LogP contribution in [0, 0.1) is 10.1 Å². The van der Waals surface area contributed by atoms with E-state index < -0.39 is 16.7 Å². The van der Waals surface area contributed by atoms with E-state index in [1.807, 2.05) is 0 Å². The molecule has 0 spiro atoms. The maximum atomic E-state index is 13.1. The third kappa shape index (κ3) is 3.47. The number of halogens is 1. The summed E-state index contributed by atoms with van der Waals surface area (Å²) in [6, 6.07) is 11.6. The Morgan fingerprint density at radius 3 is 2.21 bits per heavy atom. The molecule has 144 valence electrons. The van der Waals surface area contributed by atoms with Gasteiger partial charge in [-0.25, -0.2) is 4.90 Å². The summed E-state index contributed by atoms with van der Waals surface area (Å²) in [5.41, 5.74) is 0.834. The fraction of sp³-hybridized carbons (Fsp3) is 0.158. The molecule has 9 heteroatoms. The van der Waals surface area contributed by atoms with Gasteiger partial charge in [-0.1, -0.05) is 11.6 Å². The molecule has 1 N–H and O–H groups in total. The van der Waals surface area contributed by atoms with Gasteiger partial charge in [-0.05, 0) is 42.0 Å². The number of imide groups is 1. The summed E-state index contributed by atoms with van der Waals surface area (Å²) in [7, 11) is 1.59. The number of non-ortho nitro benzene ring substituents is 1. The van der Waals surface area contributed by atoms with Crippen LogP contribution in [0.25, 0.3) is 5.57 Å². The van der Waals surface area contributed by atoms with Crippen molar-refractivity contribution in [1.82, 2.24) is 4.90 Å². The average Bonchev–Trinajstić information content (AvgIpc) is 2.93. The molecule has 0 aromatic heterocycles. The molecule has 0 saturated carbocycles. The van der Waals surface area contributed by atoms with Crippen molar-refractivity contribution >= 4 is 40.4 Å². The monoisotopic (exact) mass is 401 g/mol. The van der Waals surface area contributed by atoms with Crippen LogP contribution in [0.2, 0.25) is 5.02 Å². The van der Waals surface area contributed by atoms with E-state index in [9.17, 15) is 24.8 Å². The highest BCUT2D eigenvalue weighted by Crippen LogP contribution is 2.35. The molecule has 1 aliphatic heterocycles. The number of amides is 2. The topological polar surface area (TPSA) is 104 Å². The lowest BCUT2D eigenvalue weighted by atomic mass is 10.0. The summed E-state index contributed by atoms with van der Waals surface area (Å²) in [6.07, 6.45) is 0. The van der Waals surface area contributed by atoms with Crippen molar-refractivity contribution in [2.24, 2.45) is 0 Å². The zero-order chi connectivity index (χ0) is 20.4. The number of aliphatic hydroxyl groups excluding tert-OH is 1. The van der Waals surface area contributed by atoms with Gasteiger partial charge >= 0.3 is 0 Å². The van der Waals surface area contributed by atoms with Gasteiger partial charge in [0, 0.05) is 30.7 Å². The van der Waals surface area contributed by atoms with Gasteiger partial charge in [-0.2, -0.15) is 0 Å². The molecule has 2 aromatic carbocycles. The normalized spacial score (nSPS) is 14.0. The minimum Gasteiger partial charge on any atom is -0.395 e. The largest absolute Gasteiger partial charge is 0.395 e. The maximum absolute atomic E-state index is 13.1. The number of anilines is 1. The number of benzene rings is 2. The summed E-state index contributed by atoms with van der Waals surface area (Å²) in [5.74, 6) is -1.10. The van der Waals surface area contributed by atoms with E-state index >= 15 is 0 Å². The molecule has 0 unspecified atom stereocenters. The van der Waals surface area contributed by atoms with Crippen LogP contribution in [0.1, 0.15) is 5.56 Å². The Bertz CT molecular complexity index is 970. The van der Waals surface area contributed by atoms with E-state index in [-0.39, 0.29) is 30.1 Å². The number of hydrogen-bond donors (Lipinski definition) is 1. The second-order valence-corrected chi connectivity index (χ2v) is 6.53. The van der Waals surface area contributed by atoms with Gasteiger partial charge in [0.05, 0.1) is 22.8 Å². The highest BCUT2D eigenvalue weighted by molar-refractivity contribution is 6.45. The average molecular weight is 402 g/mol. The van der Waals surface area contributed by atoms with E-state index in [1.165, 1.54) is 29.2 Å². The number of nitrogens with zero attached hydrogens (tertiary/aromatic N) is 3. The summed E-state index contributed by atoms with van der Waals surface area (Å²) >= 11 is 5.89. The molecule has 0 fully saturated rings. The second kappa shape index (κ2) is 7.79. The van der Waals surface area contributed by atoms with E-state index in [1.54, 1.807) is 31.3 Å². The van der Waals surface area contributed by atoms with Gasteiger partial charge in [0.15, 0.2) is 0 Å². The SMILES string of the molecule is CN(CCO)C1=C(c2ccc([N+](=O)[O-])cc2)C(=O)N(c2ccc(Cl)cc2)C1=O. The van der Waals surface area contributed by atoms with Gasteiger partial charge in [0.1, 0.15) is 5.70 Å². The second-order valence-electron chi connectivity index (χ2n) is 6.09. The lowest BCUT2D eigenvalue weighted by Gasteiger charge is -2.20. The molecule has 0 radical (unpaired) electrons. The van der Waals surface area contributed by atoms with Gasteiger partial charge in [-0.15, -0.1) is 0 Å². The zero-order valence-electron chi connectivity index (χ0n) is 14.8. The van der Waals surface area contributed by atoms with E-state index in [4.69, 9.17) is 11.6 Å². The molecule has 0 atom stereocenters. The molecular weight excluding hydrogens is 386 g/mol. The fourth-order valence-corrected chi connectivity index (χ4v) is 3.09. The van der Waals surface area contributed by atoms with Gasteiger partial charge < -0.3 is 10.0 Å². The molecule has 2 amide bonds. The zero-order valence-corrected chi connectivity index (χ0v) is 15.6. The number of likely N-dealkylation sites (N-methyl/N-ethyl adjacent to an activating group) is 1. The quantitative estimate of drug-likeness (QED) is 0.453. The van der Waals surface area contributed by atoms with Crippen molar-refractivity contribution in [3.63, 3.8) is 0 Å². The lowest BCUT2D eigenvalue weighted by Crippen LogP contribution is -2.34. The number of carbonyl (C=O) groups is 2. The van der Waals surface area contributed by atoms with Crippen LogP contribution in [0.15, 0.2) is 54.2 Å². The van der Waals surface area contributed by atoms with Crippen LogP contribution >= 0.6 is 11.6 Å². The van der Waals surface area contributed by atoms with Crippen molar-refractivity contribution < 1.29 is 19.6 Å². The molecule has 28 heavy (non-hydrogen) atoms. The predicted octanol–water partition coefficient (Wildman–Crippen LogP) is 2.46. The molecule has 0 bridgehead atoms. The van der Waals surface area contributed by atoms with Crippen LogP contribution in [0.4, 0.5) is 11.4 Å². The molecule has 3 rings (SSSR count). The maximum Gasteiger partial charge on any atom is 0.282 e. The molecule has 1 heterocycles. The van der Waals surface area contributed by atoms with Crippen LogP contribution < -0.4 is 4.90 Å². The van der Waals surface area contributed by atoms with Crippen LogP contribution in [-0.2, 0) is 9.59 Å². The number of nitro benzene ring substituents is 1. The molecule has 1 aliphatic rings. The number of nitro groups is 1. The minimum absolute atomic E-state index is 0.114. The van der Waals surface area contributed by atoms with Crippen LogP contribution in [0.3, 0.4) is 0 Å². The summed E-state index contributed by atoms with van der Waals surface area (Å²) in [4.78, 5) is 39.1. The highest BCUT2D eigenvalue weighted by atomic mass is 35.5. The summed E-state index contributed by atoms with van der Waals surface area (Å²) < 4.78 is 0. The minimum atomic E-state index is -0.555. The first-order chi connectivity index (χ1) is 13.3. The van der Waals surface area contributed by atoms with Gasteiger partial charge in [-0.3, -0.25) is 19.7 Å². The third-order valence-electron chi connectivity index (χ3n) is 4.33. The lowest BCUT2D eigenvalue weighted by molar-refractivity contribution is -0.384.